The summed E-state index contributed by atoms with van der Waals surface area (Å²) in [6.07, 6.45) is 1.50. The molecule has 0 radical (unpaired) electrons. The van der Waals surface area contributed by atoms with Gasteiger partial charge < -0.3 is 10.0 Å². The number of aliphatic carboxylic acids is 1. The summed E-state index contributed by atoms with van der Waals surface area (Å²) in [7, 11) is 0. The van der Waals surface area contributed by atoms with Crippen LogP contribution in [0.25, 0.3) is 0 Å². The van der Waals surface area contributed by atoms with Gasteiger partial charge in [-0.15, -0.1) is 0 Å². The Morgan fingerprint density at radius 2 is 2.33 bits per heavy atom. The van der Waals surface area contributed by atoms with Crippen molar-refractivity contribution >= 4 is 17.5 Å². The highest BCUT2D eigenvalue weighted by Gasteiger charge is 2.37. The van der Waals surface area contributed by atoms with Crippen LogP contribution in [-0.2, 0) is 4.79 Å². The molecule has 0 spiro atoms. The number of hydrogen-bond acceptors (Lipinski definition) is 5. The molecule has 0 aromatic carbocycles. The molecule has 1 fully saturated rings. The number of hydrogen-bond donors (Lipinski definition) is 1. The first-order valence-electron chi connectivity index (χ1n) is 5.58. The van der Waals surface area contributed by atoms with Crippen molar-refractivity contribution in [1.82, 2.24) is 4.98 Å². The minimum Gasteiger partial charge on any atom is -0.481 e. The molecule has 1 saturated heterocycles. The molecule has 0 aliphatic carbocycles. The molecule has 0 amide bonds. The van der Waals surface area contributed by atoms with Crippen LogP contribution in [0.15, 0.2) is 18.3 Å². The highest BCUT2D eigenvalue weighted by atomic mass is 16.6. The highest BCUT2D eigenvalue weighted by molar-refractivity contribution is 5.71. The summed E-state index contributed by atoms with van der Waals surface area (Å²) >= 11 is 0. The van der Waals surface area contributed by atoms with E-state index in [-0.39, 0.29) is 11.6 Å². The molecule has 18 heavy (non-hydrogen) atoms. The van der Waals surface area contributed by atoms with E-state index in [1.54, 1.807) is 11.8 Å². The average Bonchev–Trinajstić information content (AvgIpc) is 2.27. The lowest BCUT2D eigenvalue weighted by Crippen LogP contribution is -2.51. The molecule has 7 heteroatoms. The third-order valence-electron chi connectivity index (χ3n) is 3.27. The first-order chi connectivity index (χ1) is 8.50. The number of nitrogens with zero attached hydrogens (tertiary/aromatic N) is 3. The van der Waals surface area contributed by atoms with Crippen LogP contribution in [0.4, 0.5) is 11.5 Å². The predicted octanol–water partition coefficient (Wildman–Crippen LogP) is 1.15. The Bertz CT molecular complexity index is 485. The summed E-state index contributed by atoms with van der Waals surface area (Å²) in [6, 6.07) is 2.91. The van der Waals surface area contributed by atoms with E-state index in [0.717, 1.165) is 0 Å². The van der Waals surface area contributed by atoms with Gasteiger partial charge in [-0.25, -0.2) is 4.98 Å². The second kappa shape index (κ2) is 4.59. The van der Waals surface area contributed by atoms with Crippen molar-refractivity contribution in [2.24, 2.45) is 11.8 Å². The van der Waals surface area contributed by atoms with Crippen LogP contribution in [0.3, 0.4) is 0 Å². The first-order valence-corrected chi connectivity index (χ1v) is 5.58. The Kier molecular flexibility index (Phi) is 3.14. The van der Waals surface area contributed by atoms with Gasteiger partial charge in [0.25, 0.3) is 0 Å². The van der Waals surface area contributed by atoms with Crippen LogP contribution in [0.5, 0.6) is 0 Å². The molecule has 1 N–H and O–H groups in total. The third kappa shape index (κ3) is 2.11. The largest absolute Gasteiger partial charge is 0.481 e. The SMILES string of the molecule is CC(C(=O)O)C1CN(c2ncccc2[N+](=O)[O-])C1. The second-order valence-corrected chi connectivity index (χ2v) is 4.40. The lowest BCUT2D eigenvalue weighted by atomic mass is 9.87. The zero-order valence-corrected chi connectivity index (χ0v) is 9.81. The highest BCUT2D eigenvalue weighted by Crippen LogP contribution is 2.33. The molecule has 0 saturated carbocycles. The van der Waals surface area contributed by atoms with Crippen LogP contribution in [0.2, 0.25) is 0 Å². The van der Waals surface area contributed by atoms with E-state index in [1.165, 1.54) is 18.3 Å². The van der Waals surface area contributed by atoms with Crippen LogP contribution < -0.4 is 4.90 Å². The molecule has 1 aromatic heterocycles. The summed E-state index contributed by atoms with van der Waals surface area (Å²) < 4.78 is 0. The van der Waals surface area contributed by atoms with Gasteiger partial charge >= 0.3 is 11.7 Å². The van der Waals surface area contributed by atoms with Crippen LogP contribution in [0.1, 0.15) is 6.92 Å². The standard InChI is InChI=1S/C11H13N3O4/c1-7(11(15)16)8-5-13(6-8)10-9(14(17)18)3-2-4-12-10/h2-4,7-8H,5-6H2,1H3,(H,15,16). The summed E-state index contributed by atoms with van der Waals surface area (Å²) in [5.74, 6) is -0.945. The topological polar surface area (TPSA) is 96.6 Å². The van der Waals surface area contributed by atoms with E-state index < -0.39 is 16.8 Å². The molecule has 1 aliphatic rings. The average molecular weight is 251 g/mol. The van der Waals surface area contributed by atoms with Gasteiger partial charge in [0.05, 0.1) is 10.8 Å². The van der Waals surface area contributed by atoms with E-state index >= 15 is 0 Å². The Labute approximate surface area is 103 Å². The van der Waals surface area contributed by atoms with Crippen molar-refractivity contribution in [2.75, 3.05) is 18.0 Å². The molecule has 1 unspecified atom stereocenters. The summed E-state index contributed by atoms with van der Waals surface area (Å²) in [4.78, 5) is 26.9. The first kappa shape index (κ1) is 12.3. The number of anilines is 1. The molecule has 96 valence electrons. The molecule has 2 rings (SSSR count). The minimum absolute atomic E-state index is 0.0177. The number of carboxylic acid groups (broad SMARTS) is 1. The maximum absolute atomic E-state index is 10.8. The summed E-state index contributed by atoms with van der Waals surface area (Å²) in [5.41, 5.74) is -0.0427. The Balaban J connectivity index is 2.09. The van der Waals surface area contributed by atoms with Crippen molar-refractivity contribution < 1.29 is 14.8 Å². The predicted molar refractivity (Wildman–Crippen MR) is 63.4 cm³/mol. The summed E-state index contributed by atoms with van der Waals surface area (Å²) in [6.45, 7) is 2.63. The van der Waals surface area contributed by atoms with E-state index in [1.807, 2.05) is 0 Å². The number of carboxylic acids is 1. The number of nitro groups is 1. The van der Waals surface area contributed by atoms with Gasteiger partial charge in [-0.05, 0) is 6.07 Å². The zero-order valence-electron chi connectivity index (χ0n) is 9.81. The van der Waals surface area contributed by atoms with Crippen molar-refractivity contribution in [3.05, 3.63) is 28.4 Å². The van der Waals surface area contributed by atoms with Crippen molar-refractivity contribution in [2.45, 2.75) is 6.92 Å². The van der Waals surface area contributed by atoms with E-state index in [9.17, 15) is 14.9 Å². The smallest absolute Gasteiger partial charge is 0.311 e. The number of pyridine rings is 1. The Morgan fingerprint density at radius 1 is 1.67 bits per heavy atom. The van der Waals surface area contributed by atoms with E-state index in [4.69, 9.17) is 5.11 Å². The van der Waals surface area contributed by atoms with Crippen LogP contribution in [0, 0.1) is 22.0 Å². The number of carbonyl (C=O) groups is 1. The van der Waals surface area contributed by atoms with Gasteiger partial charge in [0, 0.05) is 31.3 Å². The van der Waals surface area contributed by atoms with Crippen LogP contribution in [-0.4, -0.2) is 34.1 Å². The van der Waals surface area contributed by atoms with Crippen molar-refractivity contribution in [1.29, 1.82) is 0 Å². The van der Waals surface area contributed by atoms with Crippen LogP contribution >= 0.6 is 0 Å². The fourth-order valence-corrected chi connectivity index (χ4v) is 1.98. The quantitative estimate of drug-likeness (QED) is 0.636. The molecule has 1 atom stereocenters. The molecular formula is C11H13N3O4. The molecular weight excluding hydrogens is 238 g/mol. The second-order valence-electron chi connectivity index (χ2n) is 4.40. The van der Waals surface area contributed by atoms with Gasteiger partial charge in [0.15, 0.2) is 0 Å². The lowest BCUT2D eigenvalue weighted by molar-refractivity contribution is -0.384. The van der Waals surface area contributed by atoms with Crippen molar-refractivity contribution in [3.63, 3.8) is 0 Å². The Morgan fingerprint density at radius 3 is 2.89 bits per heavy atom. The fraction of sp³-hybridized carbons (Fsp3) is 0.455. The normalized spacial score (nSPS) is 17.1. The van der Waals surface area contributed by atoms with Gasteiger partial charge in [-0.2, -0.15) is 0 Å². The van der Waals surface area contributed by atoms with Gasteiger partial charge in [0.2, 0.25) is 5.82 Å². The van der Waals surface area contributed by atoms with E-state index in [2.05, 4.69) is 4.98 Å². The maximum atomic E-state index is 10.8. The van der Waals surface area contributed by atoms with E-state index in [0.29, 0.717) is 18.9 Å². The van der Waals surface area contributed by atoms with Crippen molar-refractivity contribution in [3.8, 4) is 0 Å². The third-order valence-corrected chi connectivity index (χ3v) is 3.27. The van der Waals surface area contributed by atoms with Gasteiger partial charge in [-0.3, -0.25) is 14.9 Å². The molecule has 0 bridgehead atoms. The monoisotopic (exact) mass is 251 g/mol. The van der Waals surface area contributed by atoms with Gasteiger partial charge in [-0.1, -0.05) is 6.92 Å². The fourth-order valence-electron chi connectivity index (χ4n) is 1.98. The molecule has 2 heterocycles. The minimum atomic E-state index is -0.838. The number of aromatic nitrogens is 1. The molecule has 7 nitrogen and oxygen atoms in total. The van der Waals surface area contributed by atoms with Gasteiger partial charge in [0.1, 0.15) is 0 Å². The lowest BCUT2D eigenvalue weighted by Gasteiger charge is -2.41. The molecule has 1 aromatic rings. The zero-order chi connectivity index (χ0) is 13.3. The Hall–Kier alpha value is -2.18. The summed E-state index contributed by atoms with van der Waals surface area (Å²) in [5, 5.41) is 19.7. The molecule has 1 aliphatic heterocycles. The maximum Gasteiger partial charge on any atom is 0.311 e. The number of rotatable bonds is 4.